The van der Waals surface area contributed by atoms with Crippen LogP contribution in [0.5, 0.6) is 5.75 Å². The number of fused-ring (bicyclic) bond motifs is 1. The Bertz CT molecular complexity index is 416. The third-order valence-electron chi connectivity index (χ3n) is 3.12. The van der Waals surface area contributed by atoms with Crippen LogP contribution in [0.25, 0.3) is 0 Å². The topological polar surface area (TPSA) is 48.2 Å². The average Bonchev–Trinajstić information content (AvgIpc) is 2.86. The summed E-state index contributed by atoms with van der Waals surface area (Å²) in [4.78, 5) is 12.1. The maximum absolute atomic E-state index is 12.1. The van der Waals surface area contributed by atoms with Gasteiger partial charge in [0.05, 0.1) is 5.56 Å². The zero-order valence-corrected chi connectivity index (χ0v) is 7.91. The summed E-state index contributed by atoms with van der Waals surface area (Å²) in [5, 5.41) is 3.16. The Labute approximate surface area is 82.1 Å². The van der Waals surface area contributed by atoms with Gasteiger partial charge in [-0.15, -0.1) is 0 Å². The van der Waals surface area contributed by atoms with Crippen LogP contribution in [-0.4, -0.2) is 24.0 Å². The van der Waals surface area contributed by atoms with Gasteiger partial charge in [0.1, 0.15) is 17.9 Å². The van der Waals surface area contributed by atoms with Crippen molar-refractivity contribution in [3.63, 3.8) is 0 Å². The number of Topliss-reactive ketones (excluding diaryl/α,β-unsaturated/α-hetero) is 1. The van der Waals surface area contributed by atoms with Gasteiger partial charge in [-0.1, -0.05) is 12.1 Å². The van der Waals surface area contributed by atoms with Gasteiger partial charge in [-0.2, -0.15) is 0 Å². The molecule has 0 saturated carbocycles. The van der Waals surface area contributed by atoms with Crippen LogP contribution in [0, 0.1) is 0 Å². The number of ether oxygens (including phenoxy) is 1. The number of nitrogens with one attached hydrogen (secondary N) is 1. The first-order valence-corrected chi connectivity index (χ1v) is 4.78. The van der Waals surface area contributed by atoms with Crippen molar-refractivity contribution in [2.24, 2.45) is 0 Å². The van der Waals surface area contributed by atoms with Crippen molar-refractivity contribution in [2.75, 3.05) is 6.61 Å². The molecule has 0 aromatic heterocycles. The van der Waals surface area contributed by atoms with E-state index in [0.29, 0.717) is 17.9 Å². The molecule has 2 heterocycles. The SMILES string of the molecule is C[C@@H]1N[C@@]12COc1ccccc1C2=O. The van der Waals surface area contributed by atoms with Crippen LogP contribution in [0.1, 0.15) is 17.3 Å². The van der Waals surface area contributed by atoms with Crippen molar-refractivity contribution in [1.29, 1.82) is 0 Å². The van der Waals surface area contributed by atoms with Crippen molar-refractivity contribution < 1.29 is 9.53 Å². The molecule has 72 valence electrons. The molecule has 0 radical (unpaired) electrons. The number of para-hydroxylation sites is 1. The third kappa shape index (κ3) is 0.826. The van der Waals surface area contributed by atoms with Crippen LogP contribution in [0.3, 0.4) is 0 Å². The molecule has 3 heteroatoms. The number of hydrogen-bond donors (Lipinski definition) is 1. The largest absolute Gasteiger partial charge is 0.490 e. The summed E-state index contributed by atoms with van der Waals surface area (Å²) in [5.74, 6) is 0.885. The third-order valence-corrected chi connectivity index (χ3v) is 3.12. The lowest BCUT2D eigenvalue weighted by Crippen LogP contribution is -2.40. The summed E-state index contributed by atoms with van der Waals surface area (Å²) in [6.07, 6.45) is 0. The van der Waals surface area contributed by atoms with Crippen LogP contribution < -0.4 is 10.1 Å². The van der Waals surface area contributed by atoms with Crippen LogP contribution in [0.2, 0.25) is 0 Å². The van der Waals surface area contributed by atoms with E-state index in [1.54, 1.807) is 0 Å². The standard InChI is InChI=1S/C11H11NO2/c1-7-11(12-7)6-14-9-5-3-2-4-8(9)10(11)13/h2-5,7,12H,6H2,1H3/t7-,11-/m0/s1. The highest BCUT2D eigenvalue weighted by atomic mass is 16.5. The van der Waals surface area contributed by atoms with Gasteiger partial charge in [-0.3, -0.25) is 10.1 Å². The first-order chi connectivity index (χ1) is 6.74. The molecule has 1 saturated heterocycles. The smallest absolute Gasteiger partial charge is 0.191 e. The van der Waals surface area contributed by atoms with Gasteiger partial charge >= 0.3 is 0 Å². The van der Waals surface area contributed by atoms with E-state index in [1.807, 2.05) is 31.2 Å². The number of hydrogen-bond acceptors (Lipinski definition) is 3. The van der Waals surface area contributed by atoms with Crippen LogP contribution in [0.15, 0.2) is 24.3 Å². The van der Waals surface area contributed by atoms with E-state index in [2.05, 4.69) is 5.32 Å². The molecule has 1 spiro atoms. The predicted molar refractivity (Wildman–Crippen MR) is 51.6 cm³/mol. The Morgan fingerprint density at radius 2 is 2.21 bits per heavy atom. The van der Waals surface area contributed by atoms with E-state index in [4.69, 9.17) is 4.74 Å². The van der Waals surface area contributed by atoms with E-state index in [9.17, 15) is 4.79 Å². The molecule has 1 N–H and O–H groups in total. The van der Waals surface area contributed by atoms with Crippen LogP contribution >= 0.6 is 0 Å². The number of ketones is 1. The molecular formula is C11H11NO2. The normalized spacial score (nSPS) is 33.8. The predicted octanol–water partition coefficient (Wildman–Crippen LogP) is 0.992. The summed E-state index contributed by atoms with van der Waals surface area (Å²) >= 11 is 0. The molecule has 0 unspecified atom stereocenters. The molecule has 2 aliphatic heterocycles. The lowest BCUT2D eigenvalue weighted by atomic mass is 9.92. The molecule has 0 amide bonds. The molecular weight excluding hydrogens is 178 g/mol. The minimum Gasteiger partial charge on any atom is -0.490 e. The fraction of sp³-hybridized carbons (Fsp3) is 0.364. The monoisotopic (exact) mass is 189 g/mol. The van der Waals surface area contributed by atoms with Crippen LogP contribution in [0.4, 0.5) is 0 Å². The van der Waals surface area contributed by atoms with Gasteiger partial charge in [0.2, 0.25) is 0 Å². The molecule has 1 fully saturated rings. The van der Waals surface area contributed by atoms with Gasteiger partial charge in [0, 0.05) is 6.04 Å². The Kier molecular flexibility index (Phi) is 1.35. The van der Waals surface area contributed by atoms with Gasteiger partial charge in [0.15, 0.2) is 5.78 Å². The van der Waals surface area contributed by atoms with E-state index in [0.717, 1.165) is 0 Å². The van der Waals surface area contributed by atoms with Gasteiger partial charge in [-0.05, 0) is 19.1 Å². The summed E-state index contributed by atoms with van der Waals surface area (Å²) in [6.45, 7) is 2.47. The van der Waals surface area contributed by atoms with E-state index in [-0.39, 0.29) is 11.8 Å². The number of rotatable bonds is 0. The summed E-state index contributed by atoms with van der Waals surface area (Å²) in [5.41, 5.74) is 0.282. The Balaban J connectivity index is 2.09. The number of carbonyl (C=O) groups excluding carboxylic acids is 1. The highest BCUT2D eigenvalue weighted by Crippen LogP contribution is 2.37. The summed E-state index contributed by atoms with van der Waals surface area (Å²) < 4.78 is 5.56. The molecule has 3 rings (SSSR count). The van der Waals surface area contributed by atoms with Crippen molar-refractivity contribution in [3.8, 4) is 5.75 Å². The minimum absolute atomic E-state index is 0.173. The zero-order chi connectivity index (χ0) is 9.76. The Morgan fingerprint density at radius 3 is 2.93 bits per heavy atom. The minimum atomic E-state index is -0.422. The summed E-state index contributed by atoms with van der Waals surface area (Å²) in [6, 6.07) is 7.65. The fourth-order valence-corrected chi connectivity index (χ4v) is 2.05. The van der Waals surface area contributed by atoms with Crippen molar-refractivity contribution in [3.05, 3.63) is 29.8 Å². The molecule has 1 aromatic rings. The van der Waals surface area contributed by atoms with Gasteiger partial charge in [-0.25, -0.2) is 0 Å². The highest BCUT2D eigenvalue weighted by Gasteiger charge is 2.59. The van der Waals surface area contributed by atoms with Crippen molar-refractivity contribution in [2.45, 2.75) is 18.5 Å². The van der Waals surface area contributed by atoms with E-state index >= 15 is 0 Å². The second kappa shape index (κ2) is 2.36. The fourth-order valence-electron chi connectivity index (χ4n) is 2.05. The van der Waals surface area contributed by atoms with Gasteiger partial charge < -0.3 is 4.74 Å². The molecule has 2 aliphatic rings. The summed E-state index contributed by atoms with van der Waals surface area (Å²) in [7, 11) is 0. The second-order valence-electron chi connectivity index (χ2n) is 3.95. The highest BCUT2D eigenvalue weighted by molar-refractivity contribution is 6.09. The quantitative estimate of drug-likeness (QED) is 0.619. The number of benzene rings is 1. The molecule has 3 nitrogen and oxygen atoms in total. The van der Waals surface area contributed by atoms with E-state index < -0.39 is 5.54 Å². The molecule has 0 aliphatic carbocycles. The van der Waals surface area contributed by atoms with Crippen molar-refractivity contribution in [1.82, 2.24) is 5.32 Å². The molecule has 14 heavy (non-hydrogen) atoms. The number of carbonyl (C=O) groups is 1. The first kappa shape index (κ1) is 8.00. The Hall–Kier alpha value is -1.35. The molecule has 1 aromatic carbocycles. The first-order valence-electron chi connectivity index (χ1n) is 4.78. The van der Waals surface area contributed by atoms with Gasteiger partial charge in [0.25, 0.3) is 0 Å². The van der Waals surface area contributed by atoms with Crippen LogP contribution in [-0.2, 0) is 0 Å². The zero-order valence-electron chi connectivity index (χ0n) is 7.91. The lowest BCUT2D eigenvalue weighted by molar-refractivity contribution is 0.0866. The average molecular weight is 189 g/mol. The molecule has 2 atom stereocenters. The lowest BCUT2D eigenvalue weighted by Gasteiger charge is -2.22. The molecule has 0 bridgehead atoms. The second-order valence-corrected chi connectivity index (χ2v) is 3.95. The van der Waals surface area contributed by atoms with E-state index in [1.165, 1.54) is 0 Å². The maximum Gasteiger partial charge on any atom is 0.191 e. The Morgan fingerprint density at radius 1 is 1.50 bits per heavy atom. The maximum atomic E-state index is 12.1. The van der Waals surface area contributed by atoms with Crippen molar-refractivity contribution >= 4 is 5.78 Å².